The van der Waals surface area contributed by atoms with Gasteiger partial charge < -0.3 is 24.2 Å². The van der Waals surface area contributed by atoms with Crippen molar-refractivity contribution in [2.24, 2.45) is 5.41 Å². The molecule has 0 aromatic heterocycles. The van der Waals surface area contributed by atoms with Crippen molar-refractivity contribution in [1.29, 1.82) is 0 Å². The first-order chi connectivity index (χ1) is 13.8. The summed E-state index contributed by atoms with van der Waals surface area (Å²) in [6.07, 6.45) is 3.15. The highest BCUT2D eigenvalue weighted by Crippen LogP contribution is 2.47. The van der Waals surface area contributed by atoms with E-state index in [1.165, 1.54) is 12.7 Å². The summed E-state index contributed by atoms with van der Waals surface area (Å²) < 4.78 is 16.8. The summed E-state index contributed by atoms with van der Waals surface area (Å²) in [4.78, 5) is 13.8. The molecule has 1 aromatic carbocycles. The van der Waals surface area contributed by atoms with Gasteiger partial charge >= 0.3 is 6.09 Å². The molecule has 160 valence electrons. The average Bonchev–Trinajstić information content (AvgIpc) is 3.06. The minimum atomic E-state index is -0.588. The SMILES string of the molecule is C=C1CCCC(Oc2cc([C@@H]3CN(C(=O)OC)C[C@@]3(C)C(C)O)ccc2OC)C1. The minimum absolute atomic E-state index is 0.0452. The predicted octanol–water partition coefficient (Wildman–Crippen LogP) is 4.13. The first kappa shape index (κ1) is 21.5. The van der Waals surface area contributed by atoms with Crippen molar-refractivity contribution < 1.29 is 24.1 Å². The molecule has 1 saturated carbocycles. The highest BCUT2D eigenvalue weighted by molar-refractivity contribution is 5.68. The molecule has 3 rings (SSSR count). The standard InChI is InChI=1S/C23H33NO5/c1-15-7-6-8-18(11-15)29-21-12-17(9-10-20(21)27-4)19-13-24(22(26)28-5)14-23(19,3)16(2)25/h9-10,12,16,18-19,25H,1,6-8,11,13-14H2,2-5H3/t16?,18?,19-,23-/m0/s1. The van der Waals surface area contributed by atoms with Gasteiger partial charge in [0.15, 0.2) is 11.5 Å². The number of rotatable bonds is 5. The molecule has 2 unspecified atom stereocenters. The Morgan fingerprint density at radius 1 is 1.34 bits per heavy atom. The molecule has 0 radical (unpaired) electrons. The van der Waals surface area contributed by atoms with Crippen molar-refractivity contribution in [3.05, 3.63) is 35.9 Å². The zero-order valence-electron chi connectivity index (χ0n) is 17.9. The van der Waals surface area contributed by atoms with Gasteiger partial charge in [-0.3, -0.25) is 0 Å². The minimum Gasteiger partial charge on any atom is -0.493 e. The van der Waals surface area contributed by atoms with Crippen molar-refractivity contribution in [3.8, 4) is 11.5 Å². The second-order valence-electron chi connectivity index (χ2n) is 8.58. The number of amides is 1. The third-order valence-electron chi connectivity index (χ3n) is 6.57. The largest absolute Gasteiger partial charge is 0.493 e. The zero-order valence-corrected chi connectivity index (χ0v) is 17.9. The van der Waals surface area contributed by atoms with E-state index in [4.69, 9.17) is 14.2 Å². The van der Waals surface area contributed by atoms with Crippen LogP contribution in [0.4, 0.5) is 4.79 Å². The number of likely N-dealkylation sites (tertiary alicyclic amines) is 1. The van der Waals surface area contributed by atoms with Gasteiger partial charge in [0.05, 0.1) is 20.3 Å². The summed E-state index contributed by atoms with van der Waals surface area (Å²) in [6.45, 7) is 8.83. The second kappa shape index (κ2) is 8.66. The molecule has 1 saturated heterocycles. The van der Waals surface area contributed by atoms with Crippen LogP contribution in [0.15, 0.2) is 30.4 Å². The Bertz CT molecular complexity index is 762. The Kier molecular flexibility index (Phi) is 6.42. The first-order valence-electron chi connectivity index (χ1n) is 10.3. The van der Waals surface area contributed by atoms with Crippen LogP contribution in [-0.4, -0.2) is 55.6 Å². The summed E-state index contributed by atoms with van der Waals surface area (Å²) in [7, 11) is 3.02. The van der Waals surface area contributed by atoms with Crippen LogP contribution in [0.5, 0.6) is 11.5 Å². The molecule has 1 aromatic rings. The fraction of sp³-hybridized carbons (Fsp3) is 0.609. The van der Waals surface area contributed by atoms with Crippen LogP contribution in [0.2, 0.25) is 0 Å². The maximum absolute atomic E-state index is 12.1. The normalized spacial score (nSPS) is 28.2. The zero-order chi connectivity index (χ0) is 21.2. The number of aliphatic hydroxyl groups is 1. The summed E-state index contributed by atoms with van der Waals surface area (Å²) in [5.41, 5.74) is 1.76. The summed E-state index contributed by atoms with van der Waals surface area (Å²) >= 11 is 0. The van der Waals surface area contributed by atoms with Crippen LogP contribution in [0.25, 0.3) is 0 Å². The van der Waals surface area contributed by atoms with Crippen molar-refractivity contribution in [2.45, 2.75) is 57.7 Å². The Balaban J connectivity index is 1.90. The summed E-state index contributed by atoms with van der Waals surface area (Å²) in [5.74, 6) is 1.34. The fourth-order valence-electron chi connectivity index (χ4n) is 4.58. The number of ether oxygens (including phenoxy) is 3. The van der Waals surface area contributed by atoms with Gasteiger partial charge in [-0.1, -0.05) is 25.1 Å². The van der Waals surface area contributed by atoms with Gasteiger partial charge in [-0.25, -0.2) is 4.79 Å². The number of hydrogen-bond donors (Lipinski definition) is 1. The Morgan fingerprint density at radius 2 is 2.10 bits per heavy atom. The Hall–Kier alpha value is -2.21. The smallest absolute Gasteiger partial charge is 0.409 e. The number of aliphatic hydroxyl groups excluding tert-OH is 1. The van der Waals surface area contributed by atoms with E-state index in [0.717, 1.165) is 31.2 Å². The first-order valence-corrected chi connectivity index (χ1v) is 10.3. The van der Waals surface area contributed by atoms with Crippen molar-refractivity contribution >= 4 is 6.09 Å². The van der Waals surface area contributed by atoms with E-state index < -0.39 is 11.5 Å². The van der Waals surface area contributed by atoms with Crippen LogP contribution in [0, 0.1) is 5.41 Å². The molecule has 1 amide bonds. The molecular formula is C23H33NO5. The van der Waals surface area contributed by atoms with Gasteiger partial charge in [-0.2, -0.15) is 0 Å². The molecule has 6 nitrogen and oxygen atoms in total. The van der Waals surface area contributed by atoms with Crippen LogP contribution in [-0.2, 0) is 4.74 Å². The van der Waals surface area contributed by atoms with Gasteiger partial charge in [-0.05, 0) is 43.9 Å². The molecule has 1 heterocycles. The lowest BCUT2D eigenvalue weighted by atomic mass is 9.72. The van der Waals surface area contributed by atoms with Crippen LogP contribution >= 0.6 is 0 Å². The van der Waals surface area contributed by atoms with Gasteiger partial charge in [0.2, 0.25) is 0 Å². The number of hydrogen-bond acceptors (Lipinski definition) is 5. The Labute approximate surface area is 173 Å². The highest BCUT2D eigenvalue weighted by atomic mass is 16.5. The predicted molar refractivity (Wildman–Crippen MR) is 112 cm³/mol. The van der Waals surface area contributed by atoms with Gasteiger partial charge in [0.1, 0.15) is 6.10 Å². The average molecular weight is 404 g/mol. The molecule has 0 bridgehead atoms. The van der Waals surface area contributed by atoms with Crippen molar-refractivity contribution in [3.63, 3.8) is 0 Å². The molecule has 1 aliphatic carbocycles. The second-order valence-corrected chi connectivity index (χ2v) is 8.58. The lowest BCUT2D eigenvalue weighted by Crippen LogP contribution is -2.38. The molecule has 1 aliphatic heterocycles. The van der Waals surface area contributed by atoms with Crippen molar-refractivity contribution in [1.82, 2.24) is 4.90 Å². The maximum atomic E-state index is 12.1. The van der Waals surface area contributed by atoms with Crippen LogP contribution < -0.4 is 9.47 Å². The molecule has 4 atom stereocenters. The number of carbonyl (C=O) groups excluding carboxylic acids is 1. The van der Waals surface area contributed by atoms with E-state index in [0.29, 0.717) is 24.6 Å². The molecule has 0 spiro atoms. The van der Waals surface area contributed by atoms with E-state index >= 15 is 0 Å². The fourth-order valence-corrected chi connectivity index (χ4v) is 4.58. The van der Waals surface area contributed by atoms with Gasteiger partial charge in [0.25, 0.3) is 0 Å². The monoisotopic (exact) mass is 403 g/mol. The molecule has 1 N–H and O–H groups in total. The van der Waals surface area contributed by atoms with Crippen molar-refractivity contribution in [2.75, 3.05) is 27.3 Å². The highest BCUT2D eigenvalue weighted by Gasteiger charge is 2.48. The number of nitrogens with zero attached hydrogens (tertiary/aromatic N) is 1. The number of carbonyl (C=O) groups is 1. The molecule has 2 fully saturated rings. The topological polar surface area (TPSA) is 68.2 Å². The molecule has 29 heavy (non-hydrogen) atoms. The van der Waals surface area contributed by atoms with Gasteiger partial charge in [-0.15, -0.1) is 0 Å². The lowest BCUT2D eigenvalue weighted by molar-refractivity contribution is 0.0470. The third kappa shape index (κ3) is 4.37. The Morgan fingerprint density at radius 3 is 2.72 bits per heavy atom. The lowest BCUT2D eigenvalue weighted by Gasteiger charge is -2.34. The third-order valence-corrected chi connectivity index (χ3v) is 6.57. The summed E-state index contributed by atoms with van der Waals surface area (Å²) in [6, 6.07) is 5.91. The van der Waals surface area contributed by atoms with Crippen LogP contribution in [0.1, 0.15) is 51.0 Å². The molecular weight excluding hydrogens is 370 g/mol. The number of benzene rings is 1. The molecule has 6 heteroatoms. The van der Waals surface area contributed by atoms with E-state index in [9.17, 15) is 9.90 Å². The quantitative estimate of drug-likeness (QED) is 0.749. The van der Waals surface area contributed by atoms with E-state index in [1.54, 1.807) is 18.9 Å². The van der Waals surface area contributed by atoms with Gasteiger partial charge in [0, 0.05) is 30.8 Å². The van der Waals surface area contributed by atoms with E-state index in [-0.39, 0.29) is 18.1 Å². The molecule has 2 aliphatic rings. The summed E-state index contributed by atoms with van der Waals surface area (Å²) in [5, 5.41) is 10.5. The van der Waals surface area contributed by atoms with E-state index in [1.807, 2.05) is 25.1 Å². The van der Waals surface area contributed by atoms with Crippen LogP contribution in [0.3, 0.4) is 0 Å². The maximum Gasteiger partial charge on any atom is 0.409 e. The van der Waals surface area contributed by atoms with E-state index in [2.05, 4.69) is 6.58 Å². The number of methoxy groups -OCH3 is 2.